The molecule has 13 heteroatoms. The summed E-state index contributed by atoms with van der Waals surface area (Å²) in [6.07, 6.45) is 1.86. The van der Waals surface area contributed by atoms with Gasteiger partial charge < -0.3 is 14.5 Å². The standard InChI is InChI=1S/C23H28F3N7O3/c24-16-11-14(1-3-20(16)36-23(25)26)2-4-21(34)31-7-5-15-12-18(29-33(15)10-9-31)22(35)32-8-6-17-19(13-32)28-30-27-17/h1,3,11-12,17,19,23,27-28,30H,2,4-10,13H2. The van der Waals surface area contributed by atoms with Gasteiger partial charge >= 0.3 is 6.61 Å². The lowest BCUT2D eigenvalue weighted by atomic mass is 10.0. The summed E-state index contributed by atoms with van der Waals surface area (Å²) in [6, 6.07) is 6.00. The second-order valence-corrected chi connectivity index (χ2v) is 9.18. The van der Waals surface area contributed by atoms with Crippen molar-refractivity contribution in [2.45, 2.75) is 50.9 Å². The van der Waals surface area contributed by atoms with Crippen molar-refractivity contribution in [1.29, 1.82) is 0 Å². The molecular weight excluding hydrogens is 479 g/mol. The molecule has 0 bridgehead atoms. The SMILES string of the molecule is O=C(CCc1ccc(OC(F)F)c(F)c1)N1CCc2cc(C(=O)N3CCC4NNNC4C3)nn2CC1. The van der Waals surface area contributed by atoms with E-state index in [1.807, 2.05) is 11.0 Å². The van der Waals surface area contributed by atoms with Crippen molar-refractivity contribution >= 4 is 11.8 Å². The number of hydrogen-bond donors (Lipinski definition) is 3. The zero-order valence-corrected chi connectivity index (χ0v) is 19.6. The molecule has 2 saturated heterocycles. The number of aromatic nitrogens is 2. The van der Waals surface area contributed by atoms with Crippen molar-refractivity contribution in [2.24, 2.45) is 0 Å². The van der Waals surface area contributed by atoms with Gasteiger partial charge in [-0.1, -0.05) is 6.07 Å². The Hall–Kier alpha value is -3.16. The van der Waals surface area contributed by atoms with Gasteiger partial charge in [-0.15, -0.1) is 0 Å². The average molecular weight is 508 g/mol. The van der Waals surface area contributed by atoms with E-state index in [0.717, 1.165) is 24.2 Å². The highest BCUT2D eigenvalue weighted by Gasteiger charge is 2.35. The summed E-state index contributed by atoms with van der Waals surface area (Å²) in [4.78, 5) is 29.3. The minimum absolute atomic E-state index is 0.0838. The van der Waals surface area contributed by atoms with Gasteiger partial charge in [0, 0.05) is 50.8 Å². The van der Waals surface area contributed by atoms with Crippen molar-refractivity contribution in [2.75, 3.05) is 26.2 Å². The molecule has 3 aliphatic heterocycles. The van der Waals surface area contributed by atoms with Crippen molar-refractivity contribution in [3.63, 3.8) is 0 Å². The maximum Gasteiger partial charge on any atom is 0.387 e. The number of aryl methyl sites for hydroxylation is 1. The fourth-order valence-electron chi connectivity index (χ4n) is 4.93. The number of amides is 2. The fourth-order valence-corrected chi connectivity index (χ4v) is 4.93. The van der Waals surface area contributed by atoms with Gasteiger partial charge in [-0.2, -0.15) is 19.4 Å². The van der Waals surface area contributed by atoms with Crippen LogP contribution in [0.15, 0.2) is 24.3 Å². The summed E-state index contributed by atoms with van der Waals surface area (Å²) in [5, 5.41) is 4.53. The maximum absolute atomic E-state index is 13.9. The van der Waals surface area contributed by atoms with Crippen LogP contribution in [0, 0.1) is 5.82 Å². The fraction of sp³-hybridized carbons (Fsp3) is 0.522. The van der Waals surface area contributed by atoms with Crippen molar-refractivity contribution in [1.82, 2.24) is 36.0 Å². The molecule has 0 aliphatic carbocycles. The van der Waals surface area contributed by atoms with E-state index < -0.39 is 18.2 Å². The molecule has 36 heavy (non-hydrogen) atoms. The monoisotopic (exact) mass is 507 g/mol. The van der Waals surface area contributed by atoms with Crippen LogP contribution in [-0.4, -0.2) is 76.3 Å². The van der Waals surface area contributed by atoms with Gasteiger partial charge in [-0.3, -0.25) is 14.3 Å². The van der Waals surface area contributed by atoms with Crippen LogP contribution in [0.3, 0.4) is 0 Å². The minimum atomic E-state index is -3.10. The predicted molar refractivity (Wildman–Crippen MR) is 121 cm³/mol. The Morgan fingerprint density at radius 1 is 1.08 bits per heavy atom. The number of hydrazine groups is 2. The van der Waals surface area contributed by atoms with Gasteiger partial charge in [0.1, 0.15) is 0 Å². The average Bonchev–Trinajstić information content (AvgIpc) is 3.45. The van der Waals surface area contributed by atoms with Crippen molar-refractivity contribution in [3.05, 3.63) is 47.0 Å². The first-order valence-electron chi connectivity index (χ1n) is 12.0. The van der Waals surface area contributed by atoms with Gasteiger partial charge in [0.05, 0.1) is 12.6 Å². The Bertz CT molecular complexity index is 1100. The maximum atomic E-state index is 13.9. The summed E-state index contributed by atoms with van der Waals surface area (Å²) in [5.74, 6) is -1.58. The van der Waals surface area contributed by atoms with Crippen molar-refractivity contribution < 1.29 is 27.5 Å². The molecule has 3 N–H and O–H groups in total. The summed E-state index contributed by atoms with van der Waals surface area (Å²) in [5.41, 5.74) is 11.0. The van der Waals surface area contributed by atoms with Gasteiger partial charge in [0.2, 0.25) is 5.91 Å². The summed E-state index contributed by atoms with van der Waals surface area (Å²) < 4.78 is 44.4. The lowest BCUT2D eigenvalue weighted by molar-refractivity contribution is -0.131. The number of ether oxygens (including phenoxy) is 1. The highest BCUT2D eigenvalue weighted by atomic mass is 19.3. The highest BCUT2D eigenvalue weighted by molar-refractivity contribution is 5.92. The normalized spacial score (nSPS) is 21.8. The van der Waals surface area contributed by atoms with Gasteiger partial charge in [0.15, 0.2) is 17.3 Å². The molecule has 1 aromatic heterocycles. The molecule has 1 aromatic carbocycles. The van der Waals surface area contributed by atoms with Gasteiger partial charge in [-0.05, 0) is 36.6 Å². The third-order valence-electron chi connectivity index (χ3n) is 6.91. The van der Waals surface area contributed by atoms with Crippen LogP contribution >= 0.6 is 0 Å². The lowest BCUT2D eigenvalue weighted by Crippen LogP contribution is -2.52. The first kappa shape index (κ1) is 24.5. The molecule has 3 aliphatic rings. The van der Waals surface area contributed by atoms with E-state index >= 15 is 0 Å². The molecule has 2 unspecified atom stereocenters. The van der Waals surface area contributed by atoms with Crippen LogP contribution in [0.2, 0.25) is 0 Å². The Kier molecular flexibility index (Phi) is 7.12. The number of carbonyl (C=O) groups is 2. The molecule has 10 nitrogen and oxygen atoms in total. The van der Waals surface area contributed by atoms with E-state index in [1.165, 1.54) is 6.07 Å². The number of halogens is 3. The van der Waals surface area contributed by atoms with Crippen LogP contribution in [-0.2, 0) is 24.2 Å². The number of likely N-dealkylation sites (tertiary alicyclic amines) is 1. The van der Waals surface area contributed by atoms with E-state index in [0.29, 0.717) is 56.4 Å². The zero-order valence-electron chi connectivity index (χ0n) is 19.6. The predicted octanol–water partition coefficient (Wildman–Crippen LogP) is 0.837. The third-order valence-corrected chi connectivity index (χ3v) is 6.91. The minimum Gasteiger partial charge on any atom is -0.432 e. The molecule has 0 saturated carbocycles. The quantitative estimate of drug-likeness (QED) is 0.533. The number of benzene rings is 1. The first-order chi connectivity index (χ1) is 17.4. The number of piperidine rings is 1. The van der Waals surface area contributed by atoms with Crippen LogP contribution in [0.4, 0.5) is 13.2 Å². The topological polar surface area (TPSA) is 104 Å². The molecule has 194 valence electrons. The van der Waals surface area contributed by atoms with E-state index in [-0.39, 0.29) is 30.7 Å². The van der Waals surface area contributed by atoms with E-state index in [1.54, 1.807) is 9.58 Å². The van der Waals surface area contributed by atoms with Gasteiger partial charge in [0.25, 0.3) is 5.91 Å². The smallest absolute Gasteiger partial charge is 0.387 e. The molecule has 5 rings (SSSR count). The molecule has 2 aromatic rings. The zero-order chi connectivity index (χ0) is 25.2. The molecule has 0 radical (unpaired) electrons. The van der Waals surface area contributed by atoms with Crippen LogP contribution in [0.1, 0.15) is 34.6 Å². The highest BCUT2D eigenvalue weighted by Crippen LogP contribution is 2.22. The number of hydrogen-bond acceptors (Lipinski definition) is 7. The molecule has 2 fully saturated rings. The van der Waals surface area contributed by atoms with Crippen LogP contribution in [0.25, 0.3) is 0 Å². The Labute approximate surface area is 205 Å². The Morgan fingerprint density at radius 3 is 2.72 bits per heavy atom. The second kappa shape index (κ2) is 10.4. The summed E-state index contributed by atoms with van der Waals surface area (Å²) >= 11 is 0. The molecule has 4 heterocycles. The molecular formula is C23H28F3N7O3. The van der Waals surface area contributed by atoms with Crippen LogP contribution in [0.5, 0.6) is 5.75 Å². The molecule has 2 atom stereocenters. The van der Waals surface area contributed by atoms with E-state index in [4.69, 9.17) is 0 Å². The van der Waals surface area contributed by atoms with E-state index in [9.17, 15) is 22.8 Å². The van der Waals surface area contributed by atoms with Crippen LogP contribution < -0.4 is 21.1 Å². The summed E-state index contributed by atoms with van der Waals surface area (Å²) in [7, 11) is 0. The molecule has 0 spiro atoms. The number of carbonyl (C=O) groups excluding carboxylic acids is 2. The van der Waals surface area contributed by atoms with E-state index in [2.05, 4.69) is 26.2 Å². The largest absolute Gasteiger partial charge is 0.432 e. The second-order valence-electron chi connectivity index (χ2n) is 9.18. The Balaban J connectivity index is 1.13. The number of nitrogens with one attached hydrogen (secondary N) is 3. The van der Waals surface area contributed by atoms with Gasteiger partial charge in [-0.25, -0.2) is 15.2 Å². The van der Waals surface area contributed by atoms with Crippen molar-refractivity contribution in [3.8, 4) is 5.75 Å². The third kappa shape index (κ3) is 5.32. The number of nitrogens with zero attached hydrogens (tertiary/aromatic N) is 4. The number of fused-ring (bicyclic) bond motifs is 2. The first-order valence-corrected chi connectivity index (χ1v) is 12.0. The summed E-state index contributed by atoms with van der Waals surface area (Å²) in [6.45, 7) is -0.431. The number of rotatable bonds is 6. The lowest BCUT2D eigenvalue weighted by Gasteiger charge is -2.33. The number of alkyl halides is 2. The Morgan fingerprint density at radius 2 is 1.92 bits per heavy atom. The molecule has 2 amide bonds.